The molecule has 0 fully saturated rings. The van der Waals surface area contributed by atoms with Crippen LogP contribution in [0.4, 0.5) is 0 Å². The van der Waals surface area contributed by atoms with Crippen LogP contribution < -0.4 is 4.90 Å². The summed E-state index contributed by atoms with van der Waals surface area (Å²) in [7, 11) is 4.38. The third-order valence-electron chi connectivity index (χ3n) is 2.58. The highest BCUT2D eigenvalue weighted by atomic mass is 32.1. The smallest absolute Gasteiger partial charge is 0.112 e. The Balaban J connectivity index is 2.32. The van der Waals surface area contributed by atoms with E-state index in [1.54, 1.807) is 0 Å². The van der Waals surface area contributed by atoms with Gasteiger partial charge in [-0.05, 0) is 24.1 Å². The van der Waals surface area contributed by atoms with E-state index in [1.807, 2.05) is 11.3 Å². The molecule has 2 rings (SSSR count). The Bertz CT molecular complexity index is 457. The maximum Gasteiger partial charge on any atom is 0.112 e. The van der Waals surface area contributed by atoms with Gasteiger partial charge < -0.3 is 4.90 Å². The fourth-order valence-corrected chi connectivity index (χ4v) is 3.10. The van der Waals surface area contributed by atoms with Crippen LogP contribution in [-0.4, -0.2) is 14.1 Å². The summed E-state index contributed by atoms with van der Waals surface area (Å²) < 4.78 is 0. The monoisotopic (exact) mass is 232 g/mol. The molecule has 2 aromatic rings. The van der Waals surface area contributed by atoms with Crippen molar-refractivity contribution in [3.8, 4) is 11.1 Å². The third kappa shape index (κ3) is 2.52. The van der Waals surface area contributed by atoms with Gasteiger partial charge in [0, 0.05) is 4.88 Å². The number of thiophene rings is 1. The zero-order valence-corrected chi connectivity index (χ0v) is 10.9. The van der Waals surface area contributed by atoms with Crippen LogP contribution in [0.15, 0.2) is 36.4 Å². The van der Waals surface area contributed by atoms with E-state index in [0.717, 1.165) is 6.54 Å². The Kier molecular flexibility index (Phi) is 3.42. The van der Waals surface area contributed by atoms with E-state index in [-0.39, 0.29) is 0 Å². The lowest BCUT2D eigenvalue weighted by atomic mass is 10.1. The Morgan fingerprint density at radius 2 is 1.81 bits per heavy atom. The molecular formula is C14H18NS+. The summed E-state index contributed by atoms with van der Waals surface area (Å²) in [5.74, 6) is 0. The molecule has 1 aromatic heterocycles. The van der Waals surface area contributed by atoms with Gasteiger partial charge in [0.1, 0.15) is 6.54 Å². The van der Waals surface area contributed by atoms with Crippen LogP contribution in [0.1, 0.15) is 9.75 Å². The summed E-state index contributed by atoms with van der Waals surface area (Å²) in [5.41, 5.74) is 2.72. The van der Waals surface area contributed by atoms with Crippen LogP contribution in [0.25, 0.3) is 11.1 Å². The molecule has 0 unspecified atom stereocenters. The second kappa shape index (κ2) is 4.81. The van der Waals surface area contributed by atoms with E-state index < -0.39 is 0 Å². The number of hydrogen-bond acceptors (Lipinski definition) is 1. The molecular weight excluding hydrogens is 214 g/mol. The number of hydrogen-bond donors (Lipinski definition) is 1. The average Bonchev–Trinajstić information content (AvgIpc) is 2.60. The number of rotatable bonds is 3. The predicted octanol–water partition coefficient (Wildman–Crippen LogP) is 2.37. The number of nitrogens with one attached hydrogen (secondary N) is 1. The molecule has 1 heterocycles. The highest BCUT2D eigenvalue weighted by molar-refractivity contribution is 7.12. The van der Waals surface area contributed by atoms with E-state index in [1.165, 1.54) is 25.8 Å². The van der Waals surface area contributed by atoms with Gasteiger partial charge in [-0.15, -0.1) is 11.3 Å². The van der Waals surface area contributed by atoms with E-state index in [9.17, 15) is 0 Å². The Hall–Kier alpha value is -1.12. The molecule has 0 aliphatic carbocycles. The first-order valence-electron chi connectivity index (χ1n) is 5.60. The Morgan fingerprint density at radius 3 is 2.44 bits per heavy atom. The van der Waals surface area contributed by atoms with Gasteiger partial charge in [0.05, 0.1) is 19.0 Å². The molecule has 0 bridgehead atoms. The average molecular weight is 232 g/mol. The van der Waals surface area contributed by atoms with Gasteiger partial charge >= 0.3 is 0 Å². The van der Waals surface area contributed by atoms with Crippen LogP contribution in [-0.2, 0) is 6.54 Å². The van der Waals surface area contributed by atoms with Crippen molar-refractivity contribution in [1.82, 2.24) is 0 Å². The molecule has 0 spiro atoms. The van der Waals surface area contributed by atoms with Gasteiger partial charge in [-0.1, -0.05) is 30.3 Å². The molecule has 84 valence electrons. The first-order chi connectivity index (χ1) is 7.66. The summed E-state index contributed by atoms with van der Waals surface area (Å²) in [4.78, 5) is 4.36. The topological polar surface area (TPSA) is 4.44 Å². The van der Waals surface area contributed by atoms with Crippen molar-refractivity contribution in [2.24, 2.45) is 0 Å². The quantitative estimate of drug-likeness (QED) is 0.828. The van der Waals surface area contributed by atoms with Crippen molar-refractivity contribution < 1.29 is 4.90 Å². The first kappa shape index (κ1) is 11.4. The van der Waals surface area contributed by atoms with E-state index >= 15 is 0 Å². The SMILES string of the molecule is Cc1sc(C[NH+](C)C)cc1-c1ccccc1. The molecule has 0 amide bonds. The van der Waals surface area contributed by atoms with E-state index in [2.05, 4.69) is 57.4 Å². The van der Waals surface area contributed by atoms with Crippen LogP contribution >= 0.6 is 11.3 Å². The number of benzene rings is 1. The number of quaternary nitrogens is 1. The molecule has 1 aromatic carbocycles. The molecule has 1 nitrogen and oxygen atoms in total. The van der Waals surface area contributed by atoms with Gasteiger partial charge in [0.25, 0.3) is 0 Å². The molecule has 0 atom stereocenters. The van der Waals surface area contributed by atoms with Crippen LogP contribution in [0.2, 0.25) is 0 Å². The highest BCUT2D eigenvalue weighted by Gasteiger charge is 2.09. The predicted molar refractivity (Wildman–Crippen MR) is 71.0 cm³/mol. The zero-order chi connectivity index (χ0) is 11.5. The van der Waals surface area contributed by atoms with Crippen molar-refractivity contribution >= 4 is 11.3 Å². The van der Waals surface area contributed by atoms with Crippen LogP contribution in [0, 0.1) is 6.92 Å². The molecule has 0 aliphatic rings. The lowest BCUT2D eigenvalue weighted by Gasteiger charge is -2.03. The molecule has 0 aliphatic heterocycles. The van der Waals surface area contributed by atoms with Crippen molar-refractivity contribution in [3.05, 3.63) is 46.2 Å². The Labute approximate surface area is 101 Å². The lowest BCUT2D eigenvalue weighted by molar-refractivity contribution is -0.872. The van der Waals surface area contributed by atoms with Crippen molar-refractivity contribution in [3.63, 3.8) is 0 Å². The summed E-state index contributed by atoms with van der Waals surface area (Å²) in [6, 6.07) is 13.0. The fourth-order valence-electron chi connectivity index (χ4n) is 1.88. The summed E-state index contributed by atoms with van der Waals surface area (Å²) >= 11 is 1.92. The molecule has 16 heavy (non-hydrogen) atoms. The van der Waals surface area contributed by atoms with Gasteiger partial charge in [-0.25, -0.2) is 0 Å². The molecule has 1 N–H and O–H groups in total. The standard InChI is InChI=1S/C14H17NS/c1-11-14(12-7-5-4-6-8-12)9-13(16-11)10-15(2)3/h4-9H,10H2,1-3H3/p+1. The minimum Gasteiger partial charge on any atom is -0.335 e. The second-order valence-corrected chi connectivity index (χ2v) is 5.77. The van der Waals surface area contributed by atoms with Crippen LogP contribution in [0.3, 0.4) is 0 Å². The summed E-state index contributed by atoms with van der Waals surface area (Å²) in [5, 5.41) is 0. The zero-order valence-electron chi connectivity index (χ0n) is 10.1. The van der Waals surface area contributed by atoms with Gasteiger partial charge in [0.2, 0.25) is 0 Å². The van der Waals surface area contributed by atoms with E-state index in [0.29, 0.717) is 0 Å². The first-order valence-corrected chi connectivity index (χ1v) is 6.42. The maximum atomic E-state index is 2.34. The lowest BCUT2D eigenvalue weighted by Crippen LogP contribution is -3.04. The molecule has 0 radical (unpaired) electrons. The number of aryl methyl sites for hydroxylation is 1. The minimum atomic E-state index is 1.11. The largest absolute Gasteiger partial charge is 0.335 e. The summed E-state index contributed by atoms with van der Waals surface area (Å²) in [6.45, 7) is 3.32. The highest BCUT2D eigenvalue weighted by Crippen LogP contribution is 2.30. The van der Waals surface area contributed by atoms with Crippen molar-refractivity contribution in [2.45, 2.75) is 13.5 Å². The Morgan fingerprint density at radius 1 is 1.12 bits per heavy atom. The van der Waals surface area contributed by atoms with Crippen LogP contribution in [0.5, 0.6) is 0 Å². The van der Waals surface area contributed by atoms with Crippen molar-refractivity contribution in [1.29, 1.82) is 0 Å². The normalized spacial score (nSPS) is 11.0. The van der Waals surface area contributed by atoms with Crippen molar-refractivity contribution in [2.75, 3.05) is 14.1 Å². The third-order valence-corrected chi connectivity index (χ3v) is 3.63. The molecule has 0 saturated heterocycles. The van der Waals surface area contributed by atoms with Gasteiger partial charge in [0.15, 0.2) is 0 Å². The van der Waals surface area contributed by atoms with E-state index in [4.69, 9.17) is 0 Å². The molecule has 2 heteroatoms. The fraction of sp³-hybridized carbons (Fsp3) is 0.286. The molecule has 0 saturated carbocycles. The maximum absolute atomic E-state index is 2.34. The summed E-state index contributed by atoms with van der Waals surface area (Å²) in [6.07, 6.45) is 0. The van der Waals surface area contributed by atoms with Gasteiger partial charge in [-0.2, -0.15) is 0 Å². The minimum absolute atomic E-state index is 1.11. The second-order valence-electron chi connectivity index (χ2n) is 4.43. The van der Waals surface area contributed by atoms with Gasteiger partial charge in [-0.3, -0.25) is 0 Å².